The zero-order valence-corrected chi connectivity index (χ0v) is 9.96. The third kappa shape index (κ3) is 2.53. The van der Waals surface area contributed by atoms with Gasteiger partial charge in [-0.3, -0.25) is 4.68 Å². The van der Waals surface area contributed by atoms with Gasteiger partial charge in [-0.1, -0.05) is 0 Å². The Morgan fingerprint density at radius 2 is 2.60 bits per heavy atom. The van der Waals surface area contributed by atoms with Crippen LogP contribution in [0.5, 0.6) is 0 Å². The predicted octanol–water partition coefficient (Wildman–Crippen LogP) is 0.813. The molecule has 0 aromatic carbocycles. The number of hydrogen-bond acceptors (Lipinski definition) is 4. The van der Waals surface area contributed by atoms with Crippen molar-refractivity contribution in [3.05, 3.63) is 18.0 Å². The molecule has 2 unspecified atom stereocenters. The van der Waals surface area contributed by atoms with Gasteiger partial charge in [-0.05, 0) is 13.1 Å². The van der Waals surface area contributed by atoms with Gasteiger partial charge in [0.2, 0.25) is 0 Å². The normalized spacial score (nSPS) is 24.0. The number of rotatable bonds is 3. The average molecular weight is 227 g/mol. The fourth-order valence-corrected chi connectivity index (χ4v) is 2.72. The molecule has 2 heterocycles. The van der Waals surface area contributed by atoms with Crippen molar-refractivity contribution in [2.24, 2.45) is 7.05 Å². The lowest BCUT2D eigenvalue weighted by Crippen LogP contribution is -2.36. The van der Waals surface area contributed by atoms with Gasteiger partial charge in [0.1, 0.15) is 0 Å². The van der Waals surface area contributed by atoms with Crippen LogP contribution in [0.25, 0.3) is 0 Å². The van der Waals surface area contributed by atoms with E-state index in [4.69, 9.17) is 4.74 Å². The van der Waals surface area contributed by atoms with Gasteiger partial charge in [-0.25, -0.2) is 0 Å². The fourth-order valence-electron chi connectivity index (χ4n) is 1.82. The minimum absolute atomic E-state index is 0.207. The number of aryl methyl sites for hydroxylation is 1. The van der Waals surface area contributed by atoms with E-state index in [2.05, 4.69) is 10.4 Å². The summed E-state index contributed by atoms with van der Waals surface area (Å²) in [4.78, 5) is 0. The predicted molar refractivity (Wildman–Crippen MR) is 62.1 cm³/mol. The lowest BCUT2D eigenvalue weighted by atomic mass is 10.1. The number of aromatic nitrogens is 2. The highest BCUT2D eigenvalue weighted by Crippen LogP contribution is 2.24. The van der Waals surface area contributed by atoms with Crippen LogP contribution in [0.2, 0.25) is 0 Å². The molecule has 0 saturated carbocycles. The average Bonchev–Trinajstić information content (AvgIpc) is 2.68. The van der Waals surface area contributed by atoms with Crippen molar-refractivity contribution >= 4 is 11.8 Å². The third-order valence-corrected chi connectivity index (χ3v) is 3.60. The number of likely N-dealkylation sites (N-methyl/N-ethyl adjacent to an activating group) is 1. The van der Waals surface area contributed by atoms with E-state index >= 15 is 0 Å². The number of thioether (sulfide) groups is 1. The van der Waals surface area contributed by atoms with E-state index in [0.717, 1.165) is 23.8 Å². The lowest BCUT2D eigenvalue weighted by Gasteiger charge is -2.28. The summed E-state index contributed by atoms with van der Waals surface area (Å²) < 4.78 is 7.59. The minimum atomic E-state index is 0.207. The Balaban J connectivity index is 2.08. The molecule has 0 aliphatic carbocycles. The molecule has 84 valence electrons. The van der Waals surface area contributed by atoms with Crippen LogP contribution in [0.4, 0.5) is 0 Å². The van der Waals surface area contributed by atoms with Crippen molar-refractivity contribution in [2.75, 3.05) is 25.2 Å². The summed E-state index contributed by atoms with van der Waals surface area (Å²) in [5, 5.41) is 7.71. The van der Waals surface area contributed by atoms with E-state index in [1.54, 1.807) is 0 Å². The summed E-state index contributed by atoms with van der Waals surface area (Å²) in [6.45, 7) is 0.848. The molecule has 0 amide bonds. The Kier molecular flexibility index (Phi) is 3.66. The molecule has 4 nitrogen and oxygen atoms in total. The largest absolute Gasteiger partial charge is 0.374 e. The number of ether oxygens (including phenoxy) is 1. The first kappa shape index (κ1) is 11.0. The number of nitrogens with zero attached hydrogens (tertiary/aromatic N) is 2. The van der Waals surface area contributed by atoms with Crippen LogP contribution in [0, 0.1) is 0 Å². The first-order valence-electron chi connectivity index (χ1n) is 5.17. The summed E-state index contributed by atoms with van der Waals surface area (Å²) in [6, 6.07) is 2.25. The van der Waals surface area contributed by atoms with E-state index in [1.165, 1.54) is 0 Å². The van der Waals surface area contributed by atoms with Gasteiger partial charge in [0.05, 0.1) is 24.4 Å². The summed E-state index contributed by atoms with van der Waals surface area (Å²) in [5.41, 5.74) is 1.06. The second-order valence-corrected chi connectivity index (χ2v) is 4.81. The molecule has 1 N–H and O–H groups in total. The molecule has 1 fully saturated rings. The maximum absolute atomic E-state index is 5.76. The van der Waals surface area contributed by atoms with E-state index in [1.807, 2.05) is 42.8 Å². The van der Waals surface area contributed by atoms with Gasteiger partial charge >= 0.3 is 0 Å². The Labute approximate surface area is 94.4 Å². The molecule has 2 atom stereocenters. The highest BCUT2D eigenvalue weighted by molar-refractivity contribution is 7.99. The van der Waals surface area contributed by atoms with Crippen LogP contribution < -0.4 is 5.32 Å². The number of hydrogen-bond donors (Lipinski definition) is 1. The molecule has 1 saturated heterocycles. The van der Waals surface area contributed by atoms with Crippen molar-refractivity contribution < 1.29 is 4.74 Å². The topological polar surface area (TPSA) is 39.1 Å². The number of nitrogens with one attached hydrogen (secondary N) is 1. The Bertz CT molecular complexity index is 309. The molecule has 1 aromatic heterocycles. The molecule has 1 aliphatic heterocycles. The van der Waals surface area contributed by atoms with E-state index in [-0.39, 0.29) is 12.1 Å². The van der Waals surface area contributed by atoms with Crippen molar-refractivity contribution in [2.45, 2.75) is 12.1 Å². The highest BCUT2D eigenvalue weighted by Gasteiger charge is 2.26. The van der Waals surface area contributed by atoms with Crippen molar-refractivity contribution in [1.29, 1.82) is 0 Å². The van der Waals surface area contributed by atoms with E-state index < -0.39 is 0 Å². The molecule has 15 heavy (non-hydrogen) atoms. The van der Waals surface area contributed by atoms with Gasteiger partial charge < -0.3 is 10.1 Å². The first-order valence-corrected chi connectivity index (χ1v) is 6.33. The van der Waals surface area contributed by atoms with Crippen molar-refractivity contribution in [3.63, 3.8) is 0 Å². The summed E-state index contributed by atoms with van der Waals surface area (Å²) in [7, 11) is 3.90. The molecule has 5 heteroatoms. The molecular weight excluding hydrogens is 210 g/mol. The highest BCUT2D eigenvalue weighted by atomic mass is 32.2. The maximum Gasteiger partial charge on any atom is 0.0876 e. The maximum atomic E-state index is 5.76. The second kappa shape index (κ2) is 5.01. The van der Waals surface area contributed by atoms with Gasteiger partial charge in [0, 0.05) is 24.8 Å². The van der Waals surface area contributed by atoms with Gasteiger partial charge in [0.15, 0.2) is 0 Å². The minimum Gasteiger partial charge on any atom is -0.374 e. The smallest absolute Gasteiger partial charge is 0.0876 e. The standard InChI is InChI=1S/C10H17N3OS/c1-11-10(8-3-4-13(2)12-8)9-7-15-6-5-14-9/h3-4,9-11H,5-7H2,1-2H3. The molecule has 0 spiro atoms. The van der Waals surface area contributed by atoms with Gasteiger partial charge in [-0.15, -0.1) is 0 Å². The fraction of sp³-hybridized carbons (Fsp3) is 0.700. The van der Waals surface area contributed by atoms with Crippen LogP contribution in [0.1, 0.15) is 11.7 Å². The summed E-state index contributed by atoms with van der Waals surface area (Å²) >= 11 is 1.95. The van der Waals surface area contributed by atoms with Crippen LogP contribution in [-0.4, -0.2) is 41.0 Å². The molecule has 1 aromatic rings. The van der Waals surface area contributed by atoms with Crippen LogP contribution in [-0.2, 0) is 11.8 Å². The third-order valence-electron chi connectivity index (χ3n) is 2.58. The van der Waals surface area contributed by atoms with Crippen molar-refractivity contribution in [1.82, 2.24) is 15.1 Å². The molecule has 1 aliphatic rings. The van der Waals surface area contributed by atoms with Gasteiger partial charge in [0.25, 0.3) is 0 Å². The Morgan fingerprint density at radius 3 is 3.13 bits per heavy atom. The lowest BCUT2D eigenvalue weighted by molar-refractivity contribution is 0.0476. The quantitative estimate of drug-likeness (QED) is 0.829. The summed E-state index contributed by atoms with van der Waals surface area (Å²) in [6.07, 6.45) is 2.21. The van der Waals surface area contributed by atoms with Crippen molar-refractivity contribution in [3.8, 4) is 0 Å². The first-order chi connectivity index (χ1) is 7.31. The van der Waals surface area contributed by atoms with E-state index in [0.29, 0.717) is 0 Å². The SMILES string of the molecule is CNC(c1ccn(C)n1)C1CSCCO1. The molecule has 0 bridgehead atoms. The summed E-state index contributed by atoms with van der Waals surface area (Å²) in [5.74, 6) is 2.15. The zero-order chi connectivity index (χ0) is 10.7. The van der Waals surface area contributed by atoms with E-state index in [9.17, 15) is 0 Å². The molecule has 2 rings (SSSR count). The monoisotopic (exact) mass is 227 g/mol. The molecule has 0 radical (unpaired) electrons. The van der Waals surface area contributed by atoms with Crippen LogP contribution >= 0.6 is 11.8 Å². The Morgan fingerprint density at radius 1 is 1.73 bits per heavy atom. The zero-order valence-electron chi connectivity index (χ0n) is 9.14. The second-order valence-electron chi connectivity index (χ2n) is 3.66. The van der Waals surface area contributed by atoms with Gasteiger partial charge in [-0.2, -0.15) is 16.9 Å². The van der Waals surface area contributed by atoms with Crippen LogP contribution in [0.15, 0.2) is 12.3 Å². The van der Waals surface area contributed by atoms with Crippen LogP contribution in [0.3, 0.4) is 0 Å². The Hall–Kier alpha value is -0.520. The molecular formula is C10H17N3OS.